The Labute approximate surface area is 203 Å². The van der Waals surface area contributed by atoms with Gasteiger partial charge < -0.3 is 14.5 Å². The van der Waals surface area contributed by atoms with Crippen molar-refractivity contribution in [2.45, 2.75) is 0 Å². The zero-order valence-corrected chi connectivity index (χ0v) is 19.9. The summed E-state index contributed by atoms with van der Waals surface area (Å²) in [4.78, 5) is 24.4. The van der Waals surface area contributed by atoms with E-state index in [0.717, 1.165) is 28.5 Å². The maximum Gasteiger partial charge on any atom is 0.345 e. The van der Waals surface area contributed by atoms with E-state index in [0.29, 0.717) is 53.4 Å². The topological polar surface area (TPSA) is 80.5 Å². The molecule has 1 N–H and O–H groups in total. The highest BCUT2D eigenvalue weighted by atomic mass is 79.9. The first kappa shape index (κ1) is 22.0. The summed E-state index contributed by atoms with van der Waals surface area (Å²) in [5.41, 5.74) is 2.46. The van der Waals surface area contributed by atoms with Crippen molar-refractivity contribution in [1.82, 2.24) is 14.9 Å². The fraction of sp³-hybridized carbons (Fsp3) is 0.208. The van der Waals surface area contributed by atoms with E-state index in [4.69, 9.17) is 20.8 Å². The van der Waals surface area contributed by atoms with E-state index in [1.165, 1.54) is 0 Å². The van der Waals surface area contributed by atoms with Gasteiger partial charge in [-0.15, -0.1) is 0 Å². The first-order valence-electron chi connectivity index (χ1n) is 10.5. The van der Waals surface area contributed by atoms with Gasteiger partial charge >= 0.3 is 5.63 Å². The number of hydrogen-bond acceptors (Lipinski definition) is 7. The van der Waals surface area contributed by atoms with Gasteiger partial charge in [0.1, 0.15) is 5.58 Å². The zero-order chi connectivity index (χ0) is 22.8. The van der Waals surface area contributed by atoms with Crippen molar-refractivity contribution in [1.29, 1.82) is 0 Å². The van der Waals surface area contributed by atoms with Crippen molar-refractivity contribution in [3.8, 4) is 22.5 Å². The summed E-state index contributed by atoms with van der Waals surface area (Å²) < 4.78 is 11.9. The normalized spacial score (nSPS) is 14.5. The van der Waals surface area contributed by atoms with Crippen LogP contribution in [0.4, 0.5) is 5.95 Å². The molecule has 5 rings (SSSR count). The van der Waals surface area contributed by atoms with Crippen LogP contribution in [0, 0.1) is 0 Å². The van der Waals surface area contributed by atoms with Crippen LogP contribution in [-0.2, 0) is 4.74 Å². The van der Waals surface area contributed by atoms with Gasteiger partial charge in [-0.1, -0.05) is 39.7 Å². The second kappa shape index (κ2) is 9.61. The standard InChI is InChI=1S/C24H20BrClN4O3/c25-17-3-6-22-16(11-17)12-19(23(31)33-22)21-13-20(15-1-4-18(26)5-2-15)28-24(29-21)27-14-30-7-9-32-10-8-30/h1-6,11-13H,7-10,14H2,(H,27,28,29). The number of benzene rings is 2. The van der Waals surface area contributed by atoms with Gasteiger partial charge in [0.05, 0.1) is 36.8 Å². The monoisotopic (exact) mass is 526 g/mol. The fourth-order valence-electron chi connectivity index (χ4n) is 3.65. The number of halogens is 2. The quantitative estimate of drug-likeness (QED) is 0.364. The lowest BCUT2D eigenvalue weighted by Crippen LogP contribution is -2.39. The largest absolute Gasteiger partial charge is 0.422 e. The van der Waals surface area contributed by atoms with Crippen LogP contribution in [0.15, 0.2) is 68.3 Å². The van der Waals surface area contributed by atoms with Crippen LogP contribution in [0.5, 0.6) is 0 Å². The number of morpholine rings is 1. The van der Waals surface area contributed by atoms with Crippen molar-refractivity contribution in [3.63, 3.8) is 0 Å². The van der Waals surface area contributed by atoms with Crippen LogP contribution in [-0.4, -0.2) is 47.8 Å². The van der Waals surface area contributed by atoms with Crippen LogP contribution in [0.3, 0.4) is 0 Å². The molecule has 0 aliphatic carbocycles. The molecule has 0 unspecified atom stereocenters. The third kappa shape index (κ3) is 5.09. The molecule has 0 radical (unpaired) electrons. The highest BCUT2D eigenvalue weighted by molar-refractivity contribution is 9.10. The maximum atomic E-state index is 12.8. The molecule has 0 atom stereocenters. The van der Waals surface area contributed by atoms with Gasteiger partial charge in [0, 0.05) is 33.5 Å². The molecule has 33 heavy (non-hydrogen) atoms. The molecule has 1 fully saturated rings. The van der Waals surface area contributed by atoms with Crippen molar-refractivity contribution in [2.24, 2.45) is 0 Å². The third-order valence-corrected chi connectivity index (χ3v) is 6.15. The first-order valence-corrected chi connectivity index (χ1v) is 11.6. The molecule has 0 bridgehead atoms. The Bertz CT molecular complexity index is 1350. The Morgan fingerprint density at radius 3 is 2.55 bits per heavy atom. The SMILES string of the molecule is O=c1oc2ccc(Br)cc2cc1-c1cc(-c2ccc(Cl)cc2)nc(NCN2CCOCC2)n1. The minimum atomic E-state index is -0.454. The molecule has 0 saturated carbocycles. The lowest BCUT2D eigenvalue weighted by atomic mass is 10.1. The average Bonchev–Trinajstić information content (AvgIpc) is 2.83. The number of nitrogens with one attached hydrogen (secondary N) is 1. The highest BCUT2D eigenvalue weighted by Gasteiger charge is 2.15. The summed E-state index contributed by atoms with van der Waals surface area (Å²) in [6.45, 7) is 3.64. The first-order chi connectivity index (χ1) is 16.0. The summed E-state index contributed by atoms with van der Waals surface area (Å²) in [5.74, 6) is 0.428. The molecule has 168 valence electrons. The molecule has 9 heteroatoms. The van der Waals surface area contributed by atoms with Gasteiger partial charge in [0.25, 0.3) is 0 Å². The van der Waals surface area contributed by atoms with Gasteiger partial charge in [-0.3, -0.25) is 4.90 Å². The van der Waals surface area contributed by atoms with Gasteiger partial charge in [-0.2, -0.15) is 0 Å². The van der Waals surface area contributed by atoms with Crippen molar-refractivity contribution in [2.75, 3.05) is 38.3 Å². The Balaban J connectivity index is 1.57. The molecule has 1 aliphatic heterocycles. The van der Waals surface area contributed by atoms with E-state index < -0.39 is 5.63 Å². The van der Waals surface area contributed by atoms with Crippen molar-refractivity contribution in [3.05, 3.63) is 74.5 Å². The van der Waals surface area contributed by atoms with Gasteiger partial charge in [0.2, 0.25) is 5.95 Å². The molecule has 0 spiro atoms. The molecule has 3 heterocycles. The van der Waals surface area contributed by atoms with Crippen LogP contribution in [0.2, 0.25) is 5.02 Å². The lowest BCUT2D eigenvalue weighted by molar-refractivity contribution is 0.0414. The Hall–Kier alpha value is -2.78. The zero-order valence-electron chi connectivity index (χ0n) is 17.6. The van der Waals surface area contributed by atoms with Crippen LogP contribution in [0.25, 0.3) is 33.5 Å². The van der Waals surface area contributed by atoms with Gasteiger partial charge in [-0.25, -0.2) is 14.8 Å². The maximum absolute atomic E-state index is 12.8. The number of fused-ring (bicyclic) bond motifs is 1. The number of ether oxygens (including phenoxy) is 1. The van der Waals surface area contributed by atoms with Gasteiger partial charge in [0.15, 0.2) is 0 Å². The smallest absolute Gasteiger partial charge is 0.345 e. The molecule has 2 aromatic carbocycles. The molecule has 4 aromatic rings. The van der Waals surface area contributed by atoms with Gasteiger partial charge in [-0.05, 0) is 42.5 Å². The minimum Gasteiger partial charge on any atom is -0.422 e. The van der Waals surface area contributed by atoms with E-state index in [1.807, 2.05) is 24.3 Å². The highest BCUT2D eigenvalue weighted by Crippen LogP contribution is 2.27. The number of hydrogen-bond donors (Lipinski definition) is 1. The molecular formula is C24H20BrClN4O3. The number of rotatable bonds is 5. The Morgan fingerprint density at radius 1 is 1.00 bits per heavy atom. The van der Waals surface area contributed by atoms with E-state index >= 15 is 0 Å². The van der Waals surface area contributed by atoms with E-state index in [1.54, 1.807) is 30.3 Å². The predicted molar refractivity (Wildman–Crippen MR) is 133 cm³/mol. The molecule has 1 saturated heterocycles. The summed E-state index contributed by atoms with van der Waals surface area (Å²) in [7, 11) is 0. The van der Waals surface area contributed by atoms with Crippen LogP contribution >= 0.6 is 27.5 Å². The summed E-state index contributed by atoms with van der Waals surface area (Å²) in [5, 5.41) is 4.73. The van der Waals surface area contributed by atoms with E-state index in [9.17, 15) is 4.79 Å². The van der Waals surface area contributed by atoms with E-state index in [2.05, 4.69) is 36.1 Å². The Morgan fingerprint density at radius 2 is 1.76 bits per heavy atom. The third-order valence-electron chi connectivity index (χ3n) is 5.40. The number of aromatic nitrogens is 2. The van der Waals surface area contributed by atoms with Crippen LogP contribution in [0.1, 0.15) is 0 Å². The van der Waals surface area contributed by atoms with Crippen molar-refractivity contribution >= 4 is 44.4 Å². The summed E-state index contributed by atoms with van der Waals surface area (Å²) in [6, 6.07) is 16.5. The summed E-state index contributed by atoms with van der Waals surface area (Å²) in [6.07, 6.45) is 0. The molecule has 7 nitrogen and oxygen atoms in total. The Kier molecular flexibility index (Phi) is 6.41. The summed E-state index contributed by atoms with van der Waals surface area (Å²) >= 11 is 9.53. The molecular weight excluding hydrogens is 508 g/mol. The van der Waals surface area contributed by atoms with Crippen molar-refractivity contribution < 1.29 is 9.15 Å². The molecule has 0 amide bonds. The van der Waals surface area contributed by atoms with E-state index in [-0.39, 0.29) is 0 Å². The molecule has 1 aliphatic rings. The lowest BCUT2D eigenvalue weighted by Gasteiger charge is -2.26. The van der Waals surface area contributed by atoms with Crippen LogP contribution < -0.4 is 10.9 Å². The number of nitrogens with zero attached hydrogens (tertiary/aromatic N) is 3. The second-order valence-corrected chi connectivity index (χ2v) is 9.02. The molecule has 2 aromatic heterocycles. The second-order valence-electron chi connectivity index (χ2n) is 7.66. The number of anilines is 1. The minimum absolute atomic E-state index is 0.368. The average molecular weight is 528 g/mol. The fourth-order valence-corrected chi connectivity index (χ4v) is 4.15. The predicted octanol–water partition coefficient (Wildman–Crippen LogP) is 5.03.